The first-order valence-electron chi connectivity index (χ1n) is 12.1. The van der Waals surface area contributed by atoms with Crippen molar-refractivity contribution >= 4 is 29.7 Å². The van der Waals surface area contributed by atoms with Crippen LogP contribution in [-0.4, -0.2) is 53.8 Å². The van der Waals surface area contributed by atoms with Crippen LogP contribution in [0.2, 0.25) is 0 Å². The largest absolute Gasteiger partial charge is 0.481 e. The van der Waals surface area contributed by atoms with Gasteiger partial charge in [0.1, 0.15) is 12.6 Å². The van der Waals surface area contributed by atoms with E-state index in [9.17, 15) is 19.5 Å². The van der Waals surface area contributed by atoms with E-state index in [-0.39, 0.29) is 30.4 Å². The van der Waals surface area contributed by atoms with Crippen molar-refractivity contribution in [2.45, 2.75) is 43.7 Å². The molecule has 3 aliphatic carbocycles. The fraction of sp³-hybridized carbons (Fsp3) is 0.444. The summed E-state index contributed by atoms with van der Waals surface area (Å²) < 4.78 is 5.63. The fourth-order valence-corrected chi connectivity index (χ4v) is 6.33. The normalized spacial score (nSPS) is 24.6. The van der Waals surface area contributed by atoms with Crippen molar-refractivity contribution in [2.75, 3.05) is 18.6 Å². The van der Waals surface area contributed by atoms with Crippen molar-refractivity contribution in [3.05, 3.63) is 59.7 Å². The Labute approximate surface area is 209 Å². The van der Waals surface area contributed by atoms with Crippen molar-refractivity contribution in [2.24, 2.45) is 11.3 Å². The molecule has 2 fully saturated rings. The summed E-state index contributed by atoms with van der Waals surface area (Å²) in [5.74, 6) is -0.253. The SMILES string of the molecule is CSCCC(NC(=O)OCC1c2ccccc2-c2ccccc21)C(=O)N[C@@H]1C[C@H]2C[C@@]2(C(=O)O)C1. The van der Waals surface area contributed by atoms with Crippen molar-refractivity contribution in [1.29, 1.82) is 0 Å². The maximum absolute atomic E-state index is 13.0. The average Bonchev–Trinajstić information content (AvgIpc) is 3.28. The molecule has 0 heterocycles. The zero-order valence-electron chi connectivity index (χ0n) is 19.7. The van der Waals surface area contributed by atoms with Gasteiger partial charge in [-0.2, -0.15) is 11.8 Å². The summed E-state index contributed by atoms with van der Waals surface area (Å²) in [6.07, 6.45) is 3.63. The summed E-state index contributed by atoms with van der Waals surface area (Å²) >= 11 is 1.60. The minimum Gasteiger partial charge on any atom is -0.481 e. The first-order valence-corrected chi connectivity index (χ1v) is 13.5. The van der Waals surface area contributed by atoms with E-state index >= 15 is 0 Å². The fourth-order valence-electron chi connectivity index (χ4n) is 5.85. The molecule has 3 aliphatic rings. The highest BCUT2D eigenvalue weighted by molar-refractivity contribution is 7.98. The Kier molecular flexibility index (Phi) is 6.49. The quantitative estimate of drug-likeness (QED) is 0.487. The van der Waals surface area contributed by atoms with E-state index in [0.717, 1.165) is 22.3 Å². The summed E-state index contributed by atoms with van der Waals surface area (Å²) in [6, 6.07) is 15.4. The Hall–Kier alpha value is -3.00. The molecule has 2 saturated carbocycles. The van der Waals surface area contributed by atoms with Crippen LogP contribution in [0.5, 0.6) is 0 Å². The second-order valence-corrected chi connectivity index (χ2v) is 10.8. The number of amides is 2. The number of rotatable bonds is 9. The van der Waals surface area contributed by atoms with Crippen LogP contribution < -0.4 is 10.6 Å². The zero-order chi connectivity index (χ0) is 24.6. The lowest BCUT2D eigenvalue weighted by Gasteiger charge is -2.22. The van der Waals surface area contributed by atoms with Gasteiger partial charge in [0, 0.05) is 12.0 Å². The molecule has 0 saturated heterocycles. The molecule has 2 aromatic carbocycles. The molecule has 0 bridgehead atoms. The van der Waals surface area contributed by atoms with Crippen LogP contribution >= 0.6 is 11.8 Å². The molecule has 35 heavy (non-hydrogen) atoms. The second kappa shape index (κ2) is 9.57. The molecule has 0 aromatic heterocycles. The summed E-state index contributed by atoms with van der Waals surface area (Å²) in [6.45, 7) is 0.183. The number of nitrogens with one attached hydrogen (secondary N) is 2. The van der Waals surface area contributed by atoms with Crippen LogP contribution in [-0.2, 0) is 14.3 Å². The van der Waals surface area contributed by atoms with Crippen LogP contribution in [0.3, 0.4) is 0 Å². The van der Waals surface area contributed by atoms with Gasteiger partial charge in [-0.3, -0.25) is 9.59 Å². The number of fused-ring (bicyclic) bond motifs is 4. The number of hydrogen-bond donors (Lipinski definition) is 3. The minimum atomic E-state index is -0.769. The van der Waals surface area contributed by atoms with Gasteiger partial charge in [-0.05, 0) is 65.9 Å². The standard InChI is InChI=1S/C27H30N2O5S/c1-35-11-10-23(24(30)28-17-12-16-13-27(16,14-17)25(31)32)29-26(33)34-15-22-20-8-4-2-6-18(20)19-7-3-5-9-21(19)22/h2-9,16-17,22-23H,10-15H2,1H3,(H,28,30)(H,29,33)(H,31,32)/t16-,17+,23?,27+/m0/s1. The monoisotopic (exact) mass is 494 g/mol. The Morgan fingerprint density at radius 3 is 2.34 bits per heavy atom. The molecule has 0 aliphatic heterocycles. The van der Waals surface area contributed by atoms with E-state index in [2.05, 4.69) is 34.9 Å². The van der Waals surface area contributed by atoms with Gasteiger partial charge in [-0.15, -0.1) is 0 Å². The van der Waals surface area contributed by atoms with E-state index in [1.807, 2.05) is 30.5 Å². The summed E-state index contributed by atoms with van der Waals surface area (Å²) in [7, 11) is 0. The number of thioether (sulfide) groups is 1. The zero-order valence-corrected chi connectivity index (χ0v) is 20.5. The summed E-state index contributed by atoms with van der Waals surface area (Å²) in [5.41, 5.74) is 3.91. The first kappa shape index (κ1) is 23.7. The predicted molar refractivity (Wildman–Crippen MR) is 134 cm³/mol. The van der Waals surface area contributed by atoms with Gasteiger partial charge in [0.25, 0.3) is 0 Å². The summed E-state index contributed by atoms with van der Waals surface area (Å²) in [5, 5.41) is 15.2. The molecule has 184 valence electrons. The van der Waals surface area contributed by atoms with Gasteiger partial charge >= 0.3 is 12.1 Å². The molecule has 2 amide bonds. The van der Waals surface area contributed by atoms with E-state index < -0.39 is 23.5 Å². The van der Waals surface area contributed by atoms with Crippen LogP contribution in [0, 0.1) is 11.3 Å². The number of carboxylic acid groups (broad SMARTS) is 1. The number of carbonyl (C=O) groups excluding carboxylic acids is 2. The van der Waals surface area contributed by atoms with Crippen molar-refractivity contribution in [3.8, 4) is 11.1 Å². The third-order valence-electron chi connectivity index (χ3n) is 7.75. The molecule has 5 rings (SSSR count). The van der Waals surface area contributed by atoms with Gasteiger partial charge in [0.2, 0.25) is 5.91 Å². The second-order valence-electron chi connectivity index (χ2n) is 9.81. The average molecular weight is 495 g/mol. The van der Waals surface area contributed by atoms with E-state index in [1.165, 1.54) is 0 Å². The third-order valence-corrected chi connectivity index (χ3v) is 8.39. The molecular formula is C27H30N2O5S. The van der Waals surface area contributed by atoms with Crippen molar-refractivity contribution < 1.29 is 24.2 Å². The molecular weight excluding hydrogens is 464 g/mol. The Bertz CT molecular complexity index is 1110. The highest BCUT2D eigenvalue weighted by Gasteiger charge is 2.65. The smallest absolute Gasteiger partial charge is 0.407 e. The molecule has 7 nitrogen and oxygen atoms in total. The number of carboxylic acids is 1. The minimum absolute atomic E-state index is 0.0518. The van der Waals surface area contributed by atoms with E-state index in [4.69, 9.17) is 4.74 Å². The topological polar surface area (TPSA) is 105 Å². The van der Waals surface area contributed by atoms with Crippen LogP contribution in [0.4, 0.5) is 4.79 Å². The van der Waals surface area contributed by atoms with Gasteiger partial charge in [0.15, 0.2) is 0 Å². The van der Waals surface area contributed by atoms with E-state index in [1.54, 1.807) is 11.8 Å². The number of alkyl carbamates (subject to hydrolysis) is 1. The number of ether oxygens (including phenoxy) is 1. The number of hydrogen-bond acceptors (Lipinski definition) is 5. The van der Waals surface area contributed by atoms with Gasteiger partial charge in [-0.25, -0.2) is 4.79 Å². The molecule has 4 atom stereocenters. The summed E-state index contributed by atoms with van der Waals surface area (Å²) in [4.78, 5) is 37.3. The van der Waals surface area contributed by atoms with Crippen molar-refractivity contribution in [3.63, 3.8) is 0 Å². The Morgan fingerprint density at radius 1 is 1.09 bits per heavy atom. The van der Waals surface area contributed by atoms with Crippen LogP contribution in [0.1, 0.15) is 42.7 Å². The third kappa shape index (κ3) is 4.51. The lowest BCUT2D eigenvalue weighted by molar-refractivity contribution is -0.143. The highest BCUT2D eigenvalue weighted by atomic mass is 32.2. The lowest BCUT2D eigenvalue weighted by Crippen LogP contribution is -2.50. The maximum Gasteiger partial charge on any atom is 0.407 e. The number of aliphatic carboxylic acids is 1. The Morgan fingerprint density at radius 2 is 1.74 bits per heavy atom. The maximum atomic E-state index is 13.0. The molecule has 0 radical (unpaired) electrons. The highest BCUT2D eigenvalue weighted by Crippen LogP contribution is 2.63. The molecule has 8 heteroatoms. The predicted octanol–water partition coefficient (Wildman–Crippen LogP) is 4.02. The van der Waals surface area contributed by atoms with E-state index in [0.29, 0.717) is 31.4 Å². The number of carbonyl (C=O) groups is 3. The van der Waals surface area contributed by atoms with Crippen LogP contribution in [0.15, 0.2) is 48.5 Å². The lowest BCUT2D eigenvalue weighted by atomic mass is 9.98. The molecule has 1 unspecified atom stereocenters. The first-order chi connectivity index (χ1) is 16.9. The van der Waals surface area contributed by atoms with Gasteiger partial charge in [-0.1, -0.05) is 48.5 Å². The van der Waals surface area contributed by atoms with Crippen LogP contribution in [0.25, 0.3) is 11.1 Å². The van der Waals surface area contributed by atoms with Gasteiger partial charge in [0.05, 0.1) is 5.41 Å². The van der Waals surface area contributed by atoms with Gasteiger partial charge < -0.3 is 20.5 Å². The molecule has 3 N–H and O–H groups in total. The Balaban J connectivity index is 1.19. The molecule has 0 spiro atoms. The number of benzene rings is 2. The molecule has 2 aromatic rings. The van der Waals surface area contributed by atoms with Crippen molar-refractivity contribution in [1.82, 2.24) is 10.6 Å².